The van der Waals surface area contributed by atoms with E-state index in [1.54, 1.807) is 0 Å². The third-order valence-corrected chi connectivity index (χ3v) is 4.12. The van der Waals surface area contributed by atoms with Gasteiger partial charge in [-0.1, -0.05) is 29.3 Å². The van der Waals surface area contributed by atoms with Crippen molar-refractivity contribution >= 4 is 17.3 Å². The van der Waals surface area contributed by atoms with Crippen LogP contribution in [-0.2, 0) is 11.3 Å². The zero-order chi connectivity index (χ0) is 12.9. The third kappa shape index (κ3) is 1.84. The smallest absolute Gasteiger partial charge is 0.0921 e. The molecule has 0 amide bonds. The molecule has 0 N–H and O–H groups in total. The van der Waals surface area contributed by atoms with Gasteiger partial charge in [0.05, 0.1) is 17.8 Å². The first-order valence-electron chi connectivity index (χ1n) is 6.45. The van der Waals surface area contributed by atoms with Crippen molar-refractivity contribution in [2.75, 3.05) is 5.06 Å². The van der Waals surface area contributed by atoms with Crippen molar-refractivity contribution in [2.45, 2.75) is 45.8 Å². The topological polar surface area (TPSA) is 12.5 Å². The molecule has 96 valence electrons. The van der Waals surface area contributed by atoms with Gasteiger partial charge in [-0.3, -0.25) is 4.84 Å². The van der Waals surface area contributed by atoms with E-state index in [2.05, 4.69) is 38.0 Å². The Labute approximate surface area is 113 Å². The first-order chi connectivity index (χ1) is 8.56. The summed E-state index contributed by atoms with van der Waals surface area (Å²) in [6, 6.07) is 4.48. The van der Waals surface area contributed by atoms with E-state index in [0.29, 0.717) is 12.1 Å². The SMILES string of the molecule is CC(C)=C[C@@H]1C[C@H]2Cc3ccc(Cl)c(C)c3N1O2. The van der Waals surface area contributed by atoms with Crippen LogP contribution in [0, 0.1) is 6.92 Å². The van der Waals surface area contributed by atoms with Crippen molar-refractivity contribution in [1.82, 2.24) is 0 Å². The minimum Gasteiger partial charge on any atom is -0.269 e. The van der Waals surface area contributed by atoms with Gasteiger partial charge < -0.3 is 0 Å². The molecule has 3 heteroatoms. The predicted molar refractivity (Wildman–Crippen MR) is 75.1 cm³/mol. The van der Waals surface area contributed by atoms with Crippen LogP contribution in [0.4, 0.5) is 5.69 Å². The van der Waals surface area contributed by atoms with Gasteiger partial charge in [0.25, 0.3) is 0 Å². The number of anilines is 1. The van der Waals surface area contributed by atoms with Crippen LogP contribution in [0.25, 0.3) is 0 Å². The highest BCUT2D eigenvalue weighted by Gasteiger charge is 2.39. The molecule has 2 heterocycles. The maximum Gasteiger partial charge on any atom is 0.0921 e. The van der Waals surface area contributed by atoms with E-state index in [1.165, 1.54) is 16.8 Å². The molecule has 0 saturated carbocycles. The van der Waals surface area contributed by atoms with Crippen LogP contribution >= 0.6 is 11.6 Å². The molecule has 2 aliphatic heterocycles. The van der Waals surface area contributed by atoms with E-state index in [9.17, 15) is 0 Å². The molecule has 3 rings (SSSR count). The molecule has 2 aliphatic rings. The second-order valence-electron chi connectivity index (χ2n) is 5.48. The summed E-state index contributed by atoms with van der Waals surface area (Å²) in [5.74, 6) is 0. The number of hydroxylamine groups is 1. The average Bonchev–Trinajstić information content (AvgIpc) is 2.60. The minimum atomic E-state index is 0.318. The van der Waals surface area contributed by atoms with Crippen molar-refractivity contribution < 1.29 is 4.84 Å². The van der Waals surface area contributed by atoms with Gasteiger partial charge in [-0.05, 0) is 38.0 Å². The molecule has 2 atom stereocenters. The van der Waals surface area contributed by atoms with Crippen LogP contribution in [0.3, 0.4) is 0 Å². The molecule has 0 unspecified atom stereocenters. The van der Waals surface area contributed by atoms with Gasteiger partial charge in [-0.15, -0.1) is 0 Å². The van der Waals surface area contributed by atoms with E-state index < -0.39 is 0 Å². The summed E-state index contributed by atoms with van der Waals surface area (Å²) in [5, 5.41) is 2.89. The van der Waals surface area contributed by atoms with Gasteiger partial charge in [0.15, 0.2) is 0 Å². The molecule has 0 aliphatic carbocycles. The van der Waals surface area contributed by atoms with Crippen LogP contribution in [0.1, 0.15) is 31.4 Å². The van der Waals surface area contributed by atoms with Crippen LogP contribution in [0.2, 0.25) is 5.02 Å². The van der Waals surface area contributed by atoms with Crippen molar-refractivity contribution in [2.24, 2.45) is 0 Å². The zero-order valence-electron chi connectivity index (χ0n) is 11.0. The van der Waals surface area contributed by atoms with Crippen LogP contribution in [0.15, 0.2) is 23.8 Å². The second kappa shape index (κ2) is 4.29. The Kier molecular flexibility index (Phi) is 2.87. The highest BCUT2D eigenvalue weighted by molar-refractivity contribution is 6.31. The lowest BCUT2D eigenvalue weighted by Gasteiger charge is -2.31. The molecule has 2 nitrogen and oxygen atoms in total. The number of fused-ring (bicyclic) bond motifs is 4. The maximum absolute atomic E-state index is 6.24. The van der Waals surface area contributed by atoms with Crippen LogP contribution < -0.4 is 5.06 Å². The van der Waals surface area contributed by atoms with Gasteiger partial charge in [-0.2, -0.15) is 0 Å². The molecule has 1 fully saturated rings. The molecular formula is C15H18ClNO. The molecule has 0 radical (unpaired) electrons. The Morgan fingerprint density at radius 1 is 1.44 bits per heavy atom. The maximum atomic E-state index is 6.24. The standard InChI is InChI=1S/C15H18ClNO/c1-9(2)6-12-8-13-7-11-4-5-14(16)10(3)15(11)17(12)18-13/h4-6,12-13H,7-8H2,1-3H3/t12-,13-/m1/s1. The van der Waals surface area contributed by atoms with E-state index in [-0.39, 0.29) is 0 Å². The monoisotopic (exact) mass is 263 g/mol. The van der Waals surface area contributed by atoms with E-state index >= 15 is 0 Å². The number of benzene rings is 1. The predicted octanol–water partition coefficient (Wildman–Crippen LogP) is 4.05. The first kappa shape index (κ1) is 12.1. The normalized spacial score (nSPS) is 25.0. The molecule has 2 bridgehead atoms. The highest BCUT2D eigenvalue weighted by Crippen LogP contribution is 2.42. The van der Waals surface area contributed by atoms with Gasteiger partial charge in [0.1, 0.15) is 0 Å². The Morgan fingerprint density at radius 3 is 2.94 bits per heavy atom. The van der Waals surface area contributed by atoms with Gasteiger partial charge in [-0.25, -0.2) is 5.06 Å². The molecule has 0 aromatic heterocycles. The summed E-state index contributed by atoms with van der Waals surface area (Å²) in [4.78, 5) is 6.00. The average molecular weight is 264 g/mol. The number of allylic oxidation sites excluding steroid dienone is 1. The molecular weight excluding hydrogens is 246 g/mol. The minimum absolute atomic E-state index is 0.318. The van der Waals surface area contributed by atoms with Crippen molar-refractivity contribution in [3.63, 3.8) is 0 Å². The number of halogens is 1. The van der Waals surface area contributed by atoms with E-state index in [1.807, 2.05) is 6.07 Å². The number of rotatable bonds is 1. The fourth-order valence-electron chi connectivity index (χ4n) is 2.95. The quantitative estimate of drug-likeness (QED) is 0.709. The Bertz CT molecular complexity index is 519. The van der Waals surface area contributed by atoms with E-state index in [4.69, 9.17) is 16.4 Å². The van der Waals surface area contributed by atoms with Crippen LogP contribution in [-0.4, -0.2) is 12.1 Å². The lowest BCUT2D eigenvalue weighted by atomic mass is 10.0. The second-order valence-corrected chi connectivity index (χ2v) is 5.89. The van der Waals surface area contributed by atoms with E-state index in [0.717, 1.165) is 23.4 Å². The van der Waals surface area contributed by atoms with Crippen LogP contribution in [0.5, 0.6) is 0 Å². The number of hydrogen-bond donors (Lipinski definition) is 0. The Morgan fingerprint density at radius 2 is 2.22 bits per heavy atom. The summed E-state index contributed by atoms with van der Waals surface area (Å²) in [6.07, 6.45) is 4.67. The van der Waals surface area contributed by atoms with Gasteiger partial charge in [0.2, 0.25) is 0 Å². The molecule has 1 aromatic rings. The van der Waals surface area contributed by atoms with Gasteiger partial charge >= 0.3 is 0 Å². The third-order valence-electron chi connectivity index (χ3n) is 3.71. The fourth-order valence-corrected chi connectivity index (χ4v) is 3.11. The lowest BCUT2D eigenvalue weighted by molar-refractivity contribution is 0.0749. The van der Waals surface area contributed by atoms with Crippen molar-refractivity contribution in [3.05, 3.63) is 39.9 Å². The Hall–Kier alpha value is -0.990. The summed E-state index contributed by atoms with van der Waals surface area (Å²) >= 11 is 6.24. The first-order valence-corrected chi connectivity index (χ1v) is 6.83. The zero-order valence-corrected chi connectivity index (χ0v) is 11.8. The Balaban J connectivity index is 2.08. The summed E-state index contributed by atoms with van der Waals surface area (Å²) in [6.45, 7) is 6.34. The fraction of sp³-hybridized carbons (Fsp3) is 0.467. The van der Waals surface area contributed by atoms with Crippen molar-refractivity contribution in [3.8, 4) is 0 Å². The van der Waals surface area contributed by atoms with Crippen molar-refractivity contribution in [1.29, 1.82) is 0 Å². The molecule has 0 spiro atoms. The number of nitrogens with zero attached hydrogens (tertiary/aromatic N) is 1. The summed E-state index contributed by atoms with van der Waals surface area (Å²) < 4.78 is 0. The lowest BCUT2D eigenvalue weighted by Crippen LogP contribution is -2.31. The highest BCUT2D eigenvalue weighted by atomic mass is 35.5. The summed E-state index contributed by atoms with van der Waals surface area (Å²) in [5.41, 5.74) is 5.00. The molecule has 1 saturated heterocycles. The molecule has 18 heavy (non-hydrogen) atoms. The van der Waals surface area contributed by atoms with Gasteiger partial charge in [0, 0.05) is 17.9 Å². The molecule has 1 aromatic carbocycles. The largest absolute Gasteiger partial charge is 0.269 e. The summed E-state index contributed by atoms with van der Waals surface area (Å²) in [7, 11) is 0. The number of hydrogen-bond acceptors (Lipinski definition) is 2.